The third-order valence-corrected chi connectivity index (χ3v) is 6.40. The van der Waals surface area contributed by atoms with Gasteiger partial charge in [-0.2, -0.15) is 22.3 Å². The van der Waals surface area contributed by atoms with Gasteiger partial charge in [0.2, 0.25) is 0 Å². The molecule has 0 radical (unpaired) electrons. The predicted molar refractivity (Wildman–Crippen MR) is 96.7 cm³/mol. The molecule has 0 fully saturated rings. The van der Waals surface area contributed by atoms with E-state index < -0.39 is 10.2 Å². The number of nitrogens with zero attached hydrogens (tertiary/aromatic N) is 3. The van der Waals surface area contributed by atoms with Crippen LogP contribution in [0.2, 0.25) is 0 Å². The van der Waals surface area contributed by atoms with Crippen LogP contribution in [0.1, 0.15) is 18.9 Å². The number of fused-ring (bicyclic) bond motifs is 1. The first-order valence-electron chi connectivity index (χ1n) is 7.91. The Bertz CT molecular complexity index is 837. The number of likely N-dealkylation sites (N-methyl/N-ethyl adjacent to an activating group) is 1. The summed E-state index contributed by atoms with van der Waals surface area (Å²) in [6.45, 7) is 2.12. The van der Waals surface area contributed by atoms with E-state index in [1.807, 2.05) is 30.3 Å². The molecule has 0 aromatic heterocycles. The second kappa shape index (κ2) is 7.75. The first kappa shape index (κ1) is 18.4. The lowest BCUT2D eigenvalue weighted by Crippen LogP contribution is -2.44. The maximum atomic E-state index is 12.6. The molecule has 0 aliphatic carbocycles. The van der Waals surface area contributed by atoms with Crippen LogP contribution >= 0.6 is 0 Å². The summed E-state index contributed by atoms with van der Waals surface area (Å²) in [5, 5.41) is 11.1. The molecular formula is C18H23N3O2S. The predicted octanol–water partition coefficient (Wildman–Crippen LogP) is 2.79. The SMILES string of the molecule is C[C@@H](CC#N)N(C)S(=O)(=O)N(C)CCc1cccc2ccccc12. The zero-order valence-corrected chi connectivity index (χ0v) is 15.1. The summed E-state index contributed by atoms with van der Waals surface area (Å²) >= 11 is 0. The Morgan fingerprint density at radius 2 is 1.79 bits per heavy atom. The third-order valence-electron chi connectivity index (χ3n) is 4.34. The lowest BCUT2D eigenvalue weighted by molar-refractivity contribution is 0.348. The summed E-state index contributed by atoms with van der Waals surface area (Å²) in [5.41, 5.74) is 1.13. The molecule has 6 heteroatoms. The molecular weight excluding hydrogens is 322 g/mol. The molecule has 0 saturated heterocycles. The minimum atomic E-state index is -3.57. The van der Waals surface area contributed by atoms with Crippen molar-refractivity contribution in [2.24, 2.45) is 0 Å². The average Bonchev–Trinajstić information content (AvgIpc) is 2.58. The quantitative estimate of drug-likeness (QED) is 0.775. The Kier molecular flexibility index (Phi) is 5.94. The molecule has 0 N–H and O–H groups in total. The second-order valence-electron chi connectivity index (χ2n) is 5.95. The van der Waals surface area contributed by atoms with Gasteiger partial charge >= 0.3 is 0 Å². The van der Waals surface area contributed by atoms with Gasteiger partial charge in [0.15, 0.2) is 0 Å². The van der Waals surface area contributed by atoms with Gasteiger partial charge in [0, 0.05) is 26.7 Å². The van der Waals surface area contributed by atoms with Gasteiger partial charge in [0.05, 0.1) is 12.5 Å². The van der Waals surface area contributed by atoms with Crippen molar-refractivity contribution in [3.63, 3.8) is 0 Å². The van der Waals surface area contributed by atoms with Crippen molar-refractivity contribution in [2.75, 3.05) is 20.6 Å². The maximum Gasteiger partial charge on any atom is 0.281 e. The molecule has 0 aliphatic rings. The molecule has 128 valence electrons. The number of nitriles is 1. The standard InChI is InChI=1S/C18H23N3O2S/c1-15(11-13-19)21(3)24(22,23)20(2)14-12-17-9-6-8-16-7-4-5-10-18(16)17/h4-10,15H,11-12,14H2,1-3H3/t15-/m0/s1. The summed E-state index contributed by atoms with van der Waals surface area (Å²) < 4.78 is 27.8. The lowest BCUT2D eigenvalue weighted by atomic mass is 10.0. The zero-order valence-electron chi connectivity index (χ0n) is 14.3. The second-order valence-corrected chi connectivity index (χ2v) is 8.04. The average molecular weight is 345 g/mol. The Hall–Kier alpha value is -1.94. The normalized spacial score (nSPS) is 13.3. The van der Waals surface area contributed by atoms with E-state index in [-0.39, 0.29) is 12.5 Å². The largest absolute Gasteiger partial charge is 0.281 e. The number of rotatable bonds is 7. The van der Waals surface area contributed by atoms with Crippen molar-refractivity contribution in [3.05, 3.63) is 48.0 Å². The molecule has 0 amide bonds. The Balaban J connectivity index is 2.12. The minimum Gasteiger partial charge on any atom is -0.198 e. The molecule has 5 nitrogen and oxygen atoms in total. The van der Waals surface area contributed by atoms with E-state index in [0.717, 1.165) is 16.3 Å². The van der Waals surface area contributed by atoms with Gasteiger partial charge < -0.3 is 0 Å². The Morgan fingerprint density at radius 1 is 1.12 bits per heavy atom. The molecule has 24 heavy (non-hydrogen) atoms. The van der Waals surface area contributed by atoms with Gasteiger partial charge in [-0.05, 0) is 29.7 Å². The van der Waals surface area contributed by atoms with E-state index in [2.05, 4.69) is 18.2 Å². The molecule has 0 spiro atoms. The first-order chi connectivity index (χ1) is 11.4. The molecule has 0 unspecified atom stereocenters. The van der Waals surface area contributed by atoms with Crippen LogP contribution in [0.5, 0.6) is 0 Å². The summed E-state index contributed by atoms with van der Waals surface area (Å²) in [7, 11) is -0.469. The highest BCUT2D eigenvalue weighted by molar-refractivity contribution is 7.86. The van der Waals surface area contributed by atoms with Crippen LogP contribution in [0.4, 0.5) is 0 Å². The van der Waals surface area contributed by atoms with E-state index in [4.69, 9.17) is 5.26 Å². The van der Waals surface area contributed by atoms with E-state index >= 15 is 0 Å². The Morgan fingerprint density at radius 3 is 2.50 bits per heavy atom. The summed E-state index contributed by atoms with van der Waals surface area (Å²) in [5.74, 6) is 0. The summed E-state index contributed by atoms with van der Waals surface area (Å²) in [6.07, 6.45) is 0.810. The van der Waals surface area contributed by atoms with Gasteiger partial charge in [-0.1, -0.05) is 42.5 Å². The van der Waals surface area contributed by atoms with Crippen LogP contribution in [0, 0.1) is 11.3 Å². The molecule has 0 heterocycles. The van der Waals surface area contributed by atoms with Gasteiger partial charge in [0.1, 0.15) is 0 Å². The van der Waals surface area contributed by atoms with Crippen LogP contribution in [0.25, 0.3) is 10.8 Å². The van der Waals surface area contributed by atoms with Crippen LogP contribution < -0.4 is 0 Å². The van der Waals surface area contributed by atoms with Crippen LogP contribution in [0.3, 0.4) is 0 Å². The molecule has 0 bridgehead atoms. The number of hydrogen-bond donors (Lipinski definition) is 0. The highest BCUT2D eigenvalue weighted by atomic mass is 32.2. The minimum absolute atomic E-state index is 0.174. The highest BCUT2D eigenvalue weighted by Crippen LogP contribution is 2.20. The van der Waals surface area contributed by atoms with E-state index in [9.17, 15) is 8.42 Å². The van der Waals surface area contributed by atoms with Crippen molar-refractivity contribution in [1.82, 2.24) is 8.61 Å². The van der Waals surface area contributed by atoms with Crippen molar-refractivity contribution in [2.45, 2.75) is 25.8 Å². The monoisotopic (exact) mass is 345 g/mol. The molecule has 0 aliphatic heterocycles. The van der Waals surface area contributed by atoms with Gasteiger partial charge in [-0.3, -0.25) is 0 Å². The van der Waals surface area contributed by atoms with Crippen molar-refractivity contribution in [3.8, 4) is 6.07 Å². The fourth-order valence-electron chi connectivity index (χ4n) is 2.61. The lowest BCUT2D eigenvalue weighted by Gasteiger charge is -2.28. The molecule has 2 rings (SSSR count). The Labute approximate surface area is 144 Å². The van der Waals surface area contributed by atoms with E-state index in [1.165, 1.54) is 15.7 Å². The topological polar surface area (TPSA) is 64.4 Å². The van der Waals surface area contributed by atoms with Crippen molar-refractivity contribution >= 4 is 21.0 Å². The van der Waals surface area contributed by atoms with Crippen molar-refractivity contribution < 1.29 is 8.42 Å². The third kappa shape index (κ3) is 3.93. The van der Waals surface area contributed by atoms with Crippen LogP contribution in [-0.4, -0.2) is 43.7 Å². The zero-order chi connectivity index (χ0) is 17.7. The fourth-order valence-corrected chi connectivity index (χ4v) is 3.90. The molecule has 2 aromatic rings. The summed E-state index contributed by atoms with van der Waals surface area (Å²) in [4.78, 5) is 0. The highest BCUT2D eigenvalue weighted by Gasteiger charge is 2.27. The van der Waals surface area contributed by atoms with Crippen LogP contribution in [-0.2, 0) is 16.6 Å². The molecule has 1 atom stereocenters. The fraction of sp³-hybridized carbons (Fsp3) is 0.389. The van der Waals surface area contributed by atoms with Gasteiger partial charge in [-0.15, -0.1) is 0 Å². The molecule has 0 saturated carbocycles. The molecule has 2 aromatic carbocycles. The van der Waals surface area contributed by atoms with E-state index in [0.29, 0.717) is 13.0 Å². The van der Waals surface area contributed by atoms with Gasteiger partial charge in [-0.25, -0.2) is 0 Å². The van der Waals surface area contributed by atoms with Crippen LogP contribution in [0.15, 0.2) is 42.5 Å². The van der Waals surface area contributed by atoms with E-state index in [1.54, 1.807) is 14.0 Å². The maximum absolute atomic E-state index is 12.6. The summed E-state index contributed by atoms with van der Waals surface area (Å²) in [6, 6.07) is 15.8. The smallest absolute Gasteiger partial charge is 0.198 e. The number of hydrogen-bond acceptors (Lipinski definition) is 3. The number of benzene rings is 2. The van der Waals surface area contributed by atoms with Gasteiger partial charge in [0.25, 0.3) is 10.2 Å². The van der Waals surface area contributed by atoms with Crippen molar-refractivity contribution in [1.29, 1.82) is 5.26 Å². The first-order valence-corrected chi connectivity index (χ1v) is 9.30.